The van der Waals surface area contributed by atoms with Gasteiger partial charge < -0.3 is 0 Å². The number of fused-ring (bicyclic) bond motifs is 3. The van der Waals surface area contributed by atoms with Crippen LogP contribution >= 0.6 is 11.3 Å². The molecule has 0 fully saturated rings. The van der Waals surface area contributed by atoms with Gasteiger partial charge in [0.2, 0.25) is 0 Å². The summed E-state index contributed by atoms with van der Waals surface area (Å²) in [6.45, 7) is 4.35. The van der Waals surface area contributed by atoms with Crippen LogP contribution in [-0.4, -0.2) is 0 Å². The molecule has 0 radical (unpaired) electrons. The van der Waals surface area contributed by atoms with Gasteiger partial charge in [0.1, 0.15) is 0 Å². The Morgan fingerprint density at radius 2 is 2.00 bits per heavy atom. The topological polar surface area (TPSA) is 0 Å². The standard InChI is InChI=1S/C16H18S/c1-3-6-15-11(2)13-10-9-12-7-4-5-8-14(12)16(13)17-15/h3,6,9-10H,4-5,7-8H2,1-2H3/b6-3-. The van der Waals surface area contributed by atoms with E-state index in [4.69, 9.17) is 0 Å². The smallest absolute Gasteiger partial charge is 0.0386 e. The number of rotatable bonds is 1. The van der Waals surface area contributed by atoms with Gasteiger partial charge in [-0.05, 0) is 67.7 Å². The van der Waals surface area contributed by atoms with E-state index in [0.717, 1.165) is 0 Å². The van der Waals surface area contributed by atoms with E-state index in [1.807, 2.05) is 11.3 Å². The lowest BCUT2D eigenvalue weighted by Gasteiger charge is -2.16. The normalized spacial score (nSPS) is 15.6. The van der Waals surface area contributed by atoms with Crippen LogP contribution in [0.25, 0.3) is 16.2 Å². The van der Waals surface area contributed by atoms with Gasteiger partial charge in [0, 0.05) is 9.58 Å². The molecule has 0 saturated carbocycles. The molecule has 88 valence electrons. The van der Waals surface area contributed by atoms with E-state index in [0.29, 0.717) is 0 Å². The van der Waals surface area contributed by atoms with Gasteiger partial charge in [-0.2, -0.15) is 0 Å². The highest BCUT2D eigenvalue weighted by atomic mass is 32.1. The predicted octanol–water partition coefficient (Wildman–Crippen LogP) is 5.12. The van der Waals surface area contributed by atoms with E-state index in [1.165, 1.54) is 41.5 Å². The largest absolute Gasteiger partial charge is 0.135 e. The van der Waals surface area contributed by atoms with Gasteiger partial charge >= 0.3 is 0 Å². The lowest BCUT2D eigenvalue weighted by Crippen LogP contribution is -2.01. The first-order valence-electron chi connectivity index (χ1n) is 6.48. The van der Waals surface area contributed by atoms with E-state index < -0.39 is 0 Å². The third kappa shape index (κ3) is 1.73. The molecule has 17 heavy (non-hydrogen) atoms. The van der Waals surface area contributed by atoms with Crippen LogP contribution in [0.2, 0.25) is 0 Å². The van der Waals surface area contributed by atoms with Gasteiger partial charge in [0.05, 0.1) is 0 Å². The summed E-state index contributed by atoms with van der Waals surface area (Å²) in [6, 6.07) is 4.69. The fraction of sp³-hybridized carbons (Fsp3) is 0.375. The van der Waals surface area contributed by atoms with E-state index >= 15 is 0 Å². The van der Waals surface area contributed by atoms with Crippen molar-refractivity contribution in [3.63, 3.8) is 0 Å². The molecule has 0 spiro atoms. The molecule has 0 nitrogen and oxygen atoms in total. The minimum atomic E-state index is 1.28. The number of allylic oxidation sites excluding steroid dienone is 1. The molecular weight excluding hydrogens is 224 g/mol. The average Bonchev–Trinajstić information content (AvgIpc) is 2.68. The first kappa shape index (κ1) is 11.0. The highest BCUT2D eigenvalue weighted by Crippen LogP contribution is 2.38. The minimum absolute atomic E-state index is 1.28. The van der Waals surface area contributed by atoms with Crippen LogP contribution in [0, 0.1) is 6.92 Å². The predicted molar refractivity (Wildman–Crippen MR) is 77.9 cm³/mol. The Morgan fingerprint density at radius 1 is 1.18 bits per heavy atom. The second-order valence-corrected chi connectivity index (χ2v) is 5.93. The molecule has 1 heterocycles. The second kappa shape index (κ2) is 4.30. The van der Waals surface area contributed by atoms with Crippen molar-refractivity contribution in [2.75, 3.05) is 0 Å². The Morgan fingerprint density at radius 3 is 2.82 bits per heavy atom. The van der Waals surface area contributed by atoms with Crippen LogP contribution < -0.4 is 0 Å². The van der Waals surface area contributed by atoms with E-state index in [1.54, 1.807) is 15.8 Å². The lowest BCUT2D eigenvalue weighted by atomic mass is 9.90. The van der Waals surface area contributed by atoms with Crippen LogP contribution in [0.4, 0.5) is 0 Å². The summed E-state index contributed by atoms with van der Waals surface area (Å²) in [5, 5.41) is 1.48. The van der Waals surface area contributed by atoms with E-state index in [9.17, 15) is 0 Å². The lowest BCUT2D eigenvalue weighted by molar-refractivity contribution is 0.691. The number of hydrogen-bond donors (Lipinski definition) is 0. The summed E-state index contributed by atoms with van der Waals surface area (Å²) in [6.07, 6.45) is 9.68. The first-order valence-corrected chi connectivity index (χ1v) is 7.29. The average molecular weight is 242 g/mol. The molecule has 0 N–H and O–H groups in total. The Bertz CT molecular complexity index is 587. The molecule has 3 rings (SSSR count). The number of thiophene rings is 1. The van der Waals surface area contributed by atoms with Gasteiger partial charge in [-0.25, -0.2) is 0 Å². The van der Waals surface area contributed by atoms with Crippen molar-refractivity contribution < 1.29 is 0 Å². The molecule has 1 aromatic heterocycles. The Labute approximate surface area is 107 Å². The molecule has 1 heteroatoms. The monoisotopic (exact) mass is 242 g/mol. The molecule has 0 amide bonds. The van der Waals surface area contributed by atoms with Crippen molar-refractivity contribution in [1.82, 2.24) is 0 Å². The molecule has 0 aliphatic heterocycles. The van der Waals surface area contributed by atoms with Crippen molar-refractivity contribution in [2.45, 2.75) is 39.5 Å². The van der Waals surface area contributed by atoms with Crippen molar-refractivity contribution >= 4 is 27.5 Å². The maximum Gasteiger partial charge on any atom is 0.0386 e. The number of aryl methyl sites for hydroxylation is 3. The van der Waals surface area contributed by atoms with Gasteiger partial charge in [0.25, 0.3) is 0 Å². The first-order chi connectivity index (χ1) is 8.31. The van der Waals surface area contributed by atoms with Crippen molar-refractivity contribution in [3.05, 3.63) is 39.8 Å². The third-order valence-electron chi connectivity index (χ3n) is 3.78. The Kier molecular flexibility index (Phi) is 2.79. The molecule has 0 saturated heterocycles. The van der Waals surface area contributed by atoms with Crippen LogP contribution in [0.15, 0.2) is 18.2 Å². The second-order valence-electron chi connectivity index (χ2n) is 4.88. The third-order valence-corrected chi connectivity index (χ3v) is 5.12. The van der Waals surface area contributed by atoms with E-state index in [-0.39, 0.29) is 0 Å². The molecule has 1 aliphatic carbocycles. The highest BCUT2D eigenvalue weighted by Gasteiger charge is 2.15. The molecule has 1 aliphatic rings. The SMILES string of the molecule is C/C=C\c1sc2c3c(ccc2c1C)CCCC3. The zero-order valence-corrected chi connectivity index (χ0v) is 11.4. The zero-order chi connectivity index (χ0) is 11.8. The summed E-state index contributed by atoms with van der Waals surface area (Å²) in [4.78, 5) is 1.43. The minimum Gasteiger partial charge on any atom is -0.135 e. The summed E-state index contributed by atoms with van der Waals surface area (Å²) in [5.41, 5.74) is 4.69. The summed E-state index contributed by atoms with van der Waals surface area (Å²) < 4.78 is 1.55. The van der Waals surface area contributed by atoms with Gasteiger partial charge in [0.15, 0.2) is 0 Å². The quantitative estimate of drug-likeness (QED) is 0.651. The van der Waals surface area contributed by atoms with Gasteiger partial charge in [-0.1, -0.05) is 18.2 Å². The van der Waals surface area contributed by atoms with Crippen molar-refractivity contribution in [2.24, 2.45) is 0 Å². The molecule has 1 aromatic carbocycles. The van der Waals surface area contributed by atoms with Gasteiger partial charge in [-0.3, -0.25) is 0 Å². The molecule has 2 aromatic rings. The summed E-state index contributed by atoms with van der Waals surface area (Å²) in [5.74, 6) is 0. The van der Waals surface area contributed by atoms with Gasteiger partial charge in [-0.15, -0.1) is 11.3 Å². The zero-order valence-electron chi connectivity index (χ0n) is 10.5. The molecule has 0 unspecified atom stereocenters. The molecule has 0 atom stereocenters. The summed E-state index contributed by atoms with van der Waals surface area (Å²) >= 11 is 1.98. The van der Waals surface area contributed by atoms with Crippen LogP contribution in [0.3, 0.4) is 0 Å². The van der Waals surface area contributed by atoms with Crippen molar-refractivity contribution in [3.8, 4) is 0 Å². The maximum absolute atomic E-state index is 2.36. The van der Waals surface area contributed by atoms with Crippen LogP contribution in [0.1, 0.15) is 41.3 Å². The number of hydrogen-bond acceptors (Lipinski definition) is 1. The molecular formula is C16H18S. The maximum atomic E-state index is 2.36. The van der Waals surface area contributed by atoms with Crippen LogP contribution in [0.5, 0.6) is 0 Å². The fourth-order valence-electron chi connectivity index (χ4n) is 2.84. The fourth-order valence-corrected chi connectivity index (χ4v) is 4.21. The Balaban J connectivity index is 2.29. The van der Waals surface area contributed by atoms with E-state index in [2.05, 4.69) is 38.1 Å². The number of benzene rings is 1. The molecule has 0 bridgehead atoms. The Hall–Kier alpha value is -1.08. The highest BCUT2D eigenvalue weighted by molar-refractivity contribution is 7.20. The van der Waals surface area contributed by atoms with Crippen LogP contribution in [-0.2, 0) is 12.8 Å². The van der Waals surface area contributed by atoms with Crippen molar-refractivity contribution in [1.29, 1.82) is 0 Å². The summed E-state index contributed by atoms with van der Waals surface area (Å²) in [7, 11) is 0.